The predicted molar refractivity (Wildman–Crippen MR) is 82.6 cm³/mol. The number of fused-ring (bicyclic) bond motifs is 1. The molecular formula is C13H12N4O2S2. The molecule has 0 spiro atoms. The third kappa shape index (κ3) is 3.22. The molecular weight excluding hydrogens is 308 g/mol. The Labute approximate surface area is 129 Å². The van der Waals surface area contributed by atoms with Gasteiger partial charge < -0.3 is 10.6 Å². The number of carbonyl (C=O) groups excluding carboxylic acids is 2. The normalized spacial score (nSPS) is 17.0. The van der Waals surface area contributed by atoms with Crippen molar-refractivity contribution in [3.8, 4) is 0 Å². The van der Waals surface area contributed by atoms with E-state index in [9.17, 15) is 9.59 Å². The van der Waals surface area contributed by atoms with Gasteiger partial charge in [0.1, 0.15) is 5.01 Å². The first kappa shape index (κ1) is 14.0. The Morgan fingerprint density at radius 1 is 1.38 bits per heavy atom. The van der Waals surface area contributed by atoms with Gasteiger partial charge in [0, 0.05) is 11.3 Å². The molecule has 0 bridgehead atoms. The number of nitrogens with zero attached hydrogens (tertiary/aromatic N) is 2. The van der Waals surface area contributed by atoms with E-state index in [4.69, 9.17) is 0 Å². The molecule has 0 aliphatic carbocycles. The second kappa shape index (κ2) is 5.82. The fourth-order valence-electron chi connectivity index (χ4n) is 1.91. The van der Waals surface area contributed by atoms with Crippen LogP contribution in [0.3, 0.4) is 0 Å². The van der Waals surface area contributed by atoms with Gasteiger partial charge in [-0.05, 0) is 19.1 Å². The minimum Gasteiger partial charge on any atom is -0.324 e. The highest BCUT2D eigenvalue weighted by molar-refractivity contribution is 8.01. The maximum atomic E-state index is 12.0. The summed E-state index contributed by atoms with van der Waals surface area (Å²) in [7, 11) is 0. The summed E-state index contributed by atoms with van der Waals surface area (Å²) < 4.78 is 0. The summed E-state index contributed by atoms with van der Waals surface area (Å²) >= 11 is 2.71. The van der Waals surface area contributed by atoms with Crippen LogP contribution in [0.4, 0.5) is 10.8 Å². The summed E-state index contributed by atoms with van der Waals surface area (Å²) in [5.74, 6) is -0.388. The van der Waals surface area contributed by atoms with Gasteiger partial charge in [0.05, 0.1) is 10.9 Å². The number of anilines is 2. The van der Waals surface area contributed by atoms with E-state index >= 15 is 0 Å². The van der Waals surface area contributed by atoms with E-state index < -0.39 is 5.25 Å². The Kier molecular flexibility index (Phi) is 3.89. The molecule has 2 amide bonds. The predicted octanol–water partition coefficient (Wildman–Crippen LogP) is 2.29. The van der Waals surface area contributed by atoms with Crippen molar-refractivity contribution in [1.29, 1.82) is 0 Å². The van der Waals surface area contributed by atoms with Crippen molar-refractivity contribution in [3.63, 3.8) is 0 Å². The zero-order chi connectivity index (χ0) is 14.8. The lowest BCUT2D eigenvalue weighted by atomic mass is 10.2. The zero-order valence-electron chi connectivity index (χ0n) is 11.1. The highest BCUT2D eigenvalue weighted by Gasteiger charge is 2.28. The Balaban J connectivity index is 1.65. The molecule has 1 aromatic heterocycles. The fourth-order valence-corrected chi connectivity index (χ4v) is 3.63. The molecule has 21 heavy (non-hydrogen) atoms. The molecule has 6 nitrogen and oxygen atoms in total. The Morgan fingerprint density at radius 3 is 2.95 bits per heavy atom. The molecule has 1 atom stereocenters. The number of amides is 2. The number of para-hydroxylation sites is 1. The van der Waals surface area contributed by atoms with Crippen LogP contribution in [0.5, 0.6) is 0 Å². The Bertz CT molecular complexity index is 701. The average molecular weight is 320 g/mol. The zero-order valence-corrected chi connectivity index (χ0v) is 12.8. The number of benzene rings is 1. The van der Waals surface area contributed by atoms with Crippen LogP contribution < -0.4 is 10.6 Å². The number of rotatable bonds is 3. The summed E-state index contributed by atoms with van der Waals surface area (Å²) in [5, 5.41) is 14.0. The average Bonchev–Trinajstić information content (AvgIpc) is 2.85. The lowest BCUT2D eigenvalue weighted by Gasteiger charge is -2.23. The van der Waals surface area contributed by atoms with E-state index in [-0.39, 0.29) is 18.2 Å². The molecule has 2 N–H and O–H groups in total. The summed E-state index contributed by atoms with van der Waals surface area (Å²) in [6.07, 6.45) is 0.101. The molecule has 3 rings (SSSR count). The van der Waals surface area contributed by atoms with Crippen molar-refractivity contribution >= 4 is 45.7 Å². The van der Waals surface area contributed by atoms with Crippen molar-refractivity contribution in [3.05, 3.63) is 29.3 Å². The lowest BCUT2D eigenvalue weighted by molar-refractivity contribution is -0.120. The minimum atomic E-state index is -0.436. The topological polar surface area (TPSA) is 84.0 Å². The molecule has 0 radical (unpaired) electrons. The van der Waals surface area contributed by atoms with Crippen LogP contribution in [0.2, 0.25) is 0 Å². The maximum Gasteiger partial charge on any atom is 0.238 e. The Morgan fingerprint density at radius 2 is 2.19 bits per heavy atom. The summed E-state index contributed by atoms with van der Waals surface area (Å²) in [6, 6.07) is 7.55. The molecule has 0 saturated carbocycles. The second-order valence-electron chi connectivity index (χ2n) is 4.47. The largest absolute Gasteiger partial charge is 0.324 e. The van der Waals surface area contributed by atoms with Crippen molar-refractivity contribution in [1.82, 2.24) is 10.2 Å². The molecule has 2 aromatic rings. The van der Waals surface area contributed by atoms with Crippen LogP contribution in [0.25, 0.3) is 0 Å². The van der Waals surface area contributed by atoms with Gasteiger partial charge >= 0.3 is 0 Å². The molecule has 108 valence electrons. The molecule has 1 aliphatic heterocycles. The van der Waals surface area contributed by atoms with Crippen molar-refractivity contribution < 1.29 is 9.59 Å². The van der Waals surface area contributed by atoms with Gasteiger partial charge in [-0.1, -0.05) is 23.5 Å². The van der Waals surface area contributed by atoms with Gasteiger partial charge in [-0.15, -0.1) is 22.0 Å². The first-order chi connectivity index (χ1) is 10.1. The van der Waals surface area contributed by atoms with E-state index in [2.05, 4.69) is 20.8 Å². The number of thioether (sulfide) groups is 1. The maximum absolute atomic E-state index is 12.0. The smallest absolute Gasteiger partial charge is 0.238 e. The summed E-state index contributed by atoms with van der Waals surface area (Å²) in [6.45, 7) is 1.81. The van der Waals surface area contributed by atoms with Crippen LogP contribution in [-0.2, 0) is 9.59 Å². The van der Waals surface area contributed by atoms with Gasteiger partial charge in [0.2, 0.25) is 16.9 Å². The number of hydrogen-bond acceptors (Lipinski definition) is 6. The number of carbonyl (C=O) groups is 2. The Hall–Kier alpha value is -1.93. The molecule has 2 heterocycles. The summed E-state index contributed by atoms with van der Waals surface area (Å²) in [4.78, 5) is 25.0. The van der Waals surface area contributed by atoms with Gasteiger partial charge in [-0.2, -0.15) is 0 Å². The standard InChI is InChI=1S/C13H12N4O2S2/c1-7-16-17-13(20-7)15-11(18)6-10-12(19)14-8-4-2-3-5-9(8)21-10/h2-5,10H,6H2,1H3,(H,14,19)(H,15,17,18). The first-order valence-corrected chi connectivity index (χ1v) is 7.98. The van der Waals surface area contributed by atoms with E-state index in [1.54, 1.807) is 0 Å². The SMILES string of the molecule is Cc1nnc(NC(=O)CC2Sc3ccccc3NC2=O)s1. The van der Waals surface area contributed by atoms with E-state index in [1.807, 2.05) is 31.2 Å². The highest BCUT2D eigenvalue weighted by Crippen LogP contribution is 2.36. The molecule has 1 unspecified atom stereocenters. The molecule has 1 aromatic carbocycles. The number of aromatic nitrogens is 2. The van der Waals surface area contributed by atoms with Crippen LogP contribution >= 0.6 is 23.1 Å². The van der Waals surface area contributed by atoms with Crippen molar-refractivity contribution in [2.75, 3.05) is 10.6 Å². The van der Waals surface area contributed by atoms with Crippen molar-refractivity contribution in [2.24, 2.45) is 0 Å². The number of nitrogens with one attached hydrogen (secondary N) is 2. The van der Waals surface area contributed by atoms with Crippen molar-refractivity contribution in [2.45, 2.75) is 23.5 Å². The first-order valence-electron chi connectivity index (χ1n) is 6.28. The van der Waals surface area contributed by atoms with E-state index in [1.165, 1.54) is 23.1 Å². The van der Waals surface area contributed by atoms with Crippen LogP contribution in [0, 0.1) is 6.92 Å². The van der Waals surface area contributed by atoms with Crippen LogP contribution in [0.1, 0.15) is 11.4 Å². The van der Waals surface area contributed by atoms with Crippen LogP contribution in [-0.4, -0.2) is 27.3 Å². The second-order valence-corrected chi connectivity index (χ2v) is 6.90. The van der Waals surface area contributed by atoms with E-state index in [0.29, 0.717) is 5.13 Å². The van der Waals surface area contributed by atoms with Gasteiger partial charge in [-0.25, -0.2) is 0 Å². The van der Waals surface area contributed by atoms with Crippen LogP contribution in [0.15, 0.2) is 29.2 Å². The number of hydrogen-bond donors (Lipinski definition) is 2. The van der Waals surface area contributed by atoms with Gasteiger partial charge in [0.25, 0.3) is 0 Å². The highest BCUT2D eigenvalue weighted by atomic mass is 32.2. The van der Waals surface area contributed by atoms with Gasteiger partial charge in [-0.3, -0.25) is 9.59 Å². The van der Waals surface area contributed by atoms with E-state index in [0.717, 1.165) is 15.6 Å². The molecule has 0 fully saturated rings. The monoisotopic (exact) mass is 320 g/mol. The minimum absolute atomic E-state index is 0.101. The molecule has 0 saturated heterocycles. The van der Waals surface area contributed by atoms with Gasteiger partial charge in [0.15, 0.2) is 0 Å². The fraction of sp³-hybridized carbons (Fsp3) is 0.231. The quantitative estimate of drug-likeness (QED) is 0.906. The molecule has 1 aliphatic rings. The third-order valence-electron chi connectivity index (χ3n) is 2.85. The molecule has 8 heteroatoms. The lowest BCUT2D eigenvalue weighted by Crippen LogP contribution is -2.32. The third-order valence-corrected chi connectivity index (χ3v) is 4.88. The number of aryl methyl sites for hydroxylation is 1. The summed E-state index contributed by atoms with van der Waals surface area (Å²) in [5.41, 5.74) is 0.795.